The highest BCUT2D eigenvalue weighted by Crippen LogP contribution is 2.18. The van der Waals surface area contributed by atoms with Gasteiger partial charge in [0.2, 0.25) is 5.91 Å². The Kier molecular flexibility index (Phi) is 5.30. The van der Waals surface area contributed by atoms with Crippen LogP contribution >= 0.6 is 11.3 Å². The first-order valence-electron chi connectivity index (χ1n) is 8.26. The number of carbonyl (C=O) groups excluding carboxylic acids is 2. The number of benzene rings is 1. The average Bonchev–Trinajstić information content (AvgIpc) is 3.17. The third-order valence-electron chi connectivity index (χ3n) is 4.46. The van der Waals surface area contributed by atoms with Crippen LogP contribution in [0.25, 0.3) is 0 Å². The maximum absolute atomic E-state index is 12.2. The molecule has 1 atom stereocenters. The van der Waals surface area contributed by atoms with Crippen LogP contribution in [0.2, 0.25) is 0 Å². The van der Waals surface area contributed by atoms with Gasteiger partial charge in [-0.1, -0.05) is 30.3 Å². The summed E-state index contributed by atoms with van der Waals surface area (Å²) in [6.45, 7) is 3.98. The number of hydrogen-bond donors (Lipinski definition) is 1. The molecule has 126 valence electrons. The summed E-state index contributed by atoms with van der Waals surface area (Å²) in [5, 5.41) is 6.81. The van der Waals surface area contributed by atoms with Gasteiger partial charge < -0.3 is 10.2 Å². The highest BCUT2D eigenvalue weighted by molar-refractivity contribution is 7.08. The van der Waals surface area contributed by atoms with Crippen molar-refractivity contribution >= 4 is 23.2 Å². The molecule has 0 saturated carbocycles. The Balaban J connectivity index is 1.46. The fourth-order valence-electron chi connectivity index (χ4n) is 3.04. The van der Waals surface area contributed by atoms with Crippen molar-refractivity contribution in [3.63, 3.8) is 0 Å². The predicted molar refractivity (Wildman–Crippen MR) is 96.2 cm³/mol. The summed E-state index contributed by atoms with van der Waals surface area (Å²) in [4.78, 5) is 26.2. The first-order valence-corrected chi connectivity index (χ1v) is 9.20. The van der Waals surface area contributed by atoms with Crippen LogP contribution in [0.15, 0.2) is 41.1 Å². The van der Waals surface area contributed by atoms with Crippen LogP contribution in [0.5, 0.6) is 0 Å². The maximum Gasteiger partial charge on any atom is 0.252 e. The second kappa shape index (κ2) is 7.62. The van der Waals surface area contributed by atoms with Crippen LogP contribution in [0.4, 0.5) is 0 Å². The number of aryl methyl sites for hydroxylation is 1. The Hall–Kier alpha value is -2.14. The van der Waals surface area contributed by atoms with Crippen molar-refractivity contribution in [2.45, 2.75) is 19.8 Å². The summed E-state index contributed by atoms with van der Waals surface area (Å²) in [6, 6.07) is 10.2. The van der Waals surface area contributed by atoms with E-state index in [2.05, 4.69) is 17.4 Å². The van der Waals surface area contributed by atoms with E-state index in [1.165, 1.54) is 16.9 Å². The third kappa shape index (κ3) is 4.03. The van der Waals surface area contributed by atoms with Crippen LogP contribution in [0.1, 0.15) is 27.9 Å². The quantitative estimate of drug-likeness (QED) is 0.877. The molecule has 1 saturated heterocycles. The second-order valence-electron chi connectivity index (χ2n) is 6.32. The standard InChI is InChI=1S/C19H22N2O2S/c1-14-12-24-13-17(14)19(23)20-10-16-9-18(22)21(11-16)8-7-15-5-3-2-4-6-15/h2-6,12-13,16H,7-11H2,1H3,(H,20,23)/t16-/m0/s1. The zero-order chi connectivity index (χ0) is 16.9. The minimum atomic E-state index is -0.0380. The summed E-state index contributed by atoms with van der Waals surface area (Å²) in [5.41, 5.74) is 2.99. The van der Waals surface area contributed by atoms with Gasteiger partial charge in [-0.15, -0.1) is 0 Å². The fourth-order valence-corrected chi connectivity index (χ4v) is 3.87. The van der Waals surface area contributed by atoms with Gasteiger partial charge in [-0.2, -0.15) is 11.3 Å². The molecule has 24 heavy (non-hydrogen) atoms. The fraction of sp³-hybridized carbons (Fsp3) is 0.368. The molecule has 0 bridgehead atoms. The zero-order valence-corrected chi connectivity index (χ0v) is 14.6. The van der Waals surface area contributed by atoms with E-state index in [0.717, 1.165) is 30.6 Å². The molecular formula is C19H22N2O2S. The molecule has 0 spiro atoms. The van der Waals surface area contributed by atoms with Crippen LogP contribution in [-0.4, -0.2) is 36.3 Å². The van der Waals surface area contributed by atoms with E-state index in [-0.39, 0.29) is 17.7 Å². The number of thiophene rings is 1. The summed E-state index contributed by atoms with van der Waals surface area (Å²) in [5.74, 6) is 0.358. The molecule has 5 heteroatoms. The van der Waals surface area contributed by atoms with Crippen LogP contribution < -0.4 is 5.32 Å². The topological polar surface area (TPSA) is 49.4 Å². The summed E-state index contributed by atoms with van der Waals surface area (Å²) in [6.07, 6.45) is 1.40. The maximum atomic E-state index is 12.2. The molecule has 0 radical (unpaired) electrons. The Bertz CT molecular complexity index is 711. The highest BCUT2D eigenvalue weighted by Gasteiger charge is 2.29. The normalized spacial score (nSPS) is 17.3. The monoisotopic (exact) mass is 342 g/mol. The lowest BCUT2D eigenvalue weighted by molar-refractivity contribution is -0.127. The Labute approximate surface area is 146 Å². The molecule has 1 aliphatic heterocycles. The molecule has 2 heterocycles. The van der Waals surface area contributed by atoms with Crippen molar-refractivity contribution in [2.24, 2.45) is 5.92 Å². The van der Waals surface area contributed by atoms with E-state index < -0.39 is 0 Å². The van der Waals surface area contributed by atoms with Crippen molar-refractivity contribution < 1.29 is 9.59 Å². The molecule has 1 fully saturated rings. The number of carbonyl (C=O) groups is 2. The third-order valence-corrected chi connectivity index (χ3v) is 5.32. The van der Waals surface area contributed by atoms with Gasteiger partial charge in [0.25, 0.3) is 5.91 Å². The smallest absolute Gasteiger partial charge is 0.252 e. The SMILES string of the molecule is Cc1cscc1C(=O)NC[C@@H]1CC(=O)N(CCc2ccccc2)C1. The predicted octanol–water partition coefficient (Wildman–Crippen LogP) is 2.88. The number of hydrogen-bond acceptors (Lipinski definition) is 3. The van der Waals surface area contributed by atoms with E-state index in [1.54, 1.807) is 0 Å². The minimum absolute atomic E-state index is 0.0380. The van der Waals surface area contributed by atoms with E-state index in [1.807, 2.05) is 40.8 Å². The largest absolute Gasteiger partial charge is 0.352 e. The van der Waals surface area contributed by atoms with Gasteiger partial charge >= 0.3 is 0 Å². The van der Waals surface area contributed by atoms with Gasteiger partial charge in [0.05, 0.1) is 5.56 Å². The molecule has 4 nitrogen and oxygen atoms in total. The summed E-state index contributed by atoms with van der Waals surface area (Å²) in [7, 11) is 0. The van der Waals surface area contributed by atoms with E-state index in [4.69, 9.17) is 0 Å². The van der Waals surface area contributed by atoms with Crippen molar-refractivity contribution in [1.29, 1.82) is 0 Å². The minimum Gasteiger partial charge on any atom is -0.352 e. The van der Waals surface area contributed by atoms with Gasteiger partial charge in [-0.3, -0.25) is 9.59 Å². The van der Waals surface area contributed by atoms with Crippen LogP contribution in [0, 0.1) is 12.8 Å². The van der Waals surface area contributed by atoms with Gasteiger partial charge in [0, 0.05) is 37.4 Å². The molecule has 2 aromatic rings. The Morgan fingerprint density at radius 3 is 2.79 bits per heavy atom. The molecule has 0 unspecified atom stereocenters. The Morgan fingerprint density at radius 2 is 2.08 bits per heavy atom. The number of rotatable bonds is 6. The van der Waals surface area contributed by atoms with Crippen molar-refractivity contribution in [3.8, 4) is 0 Å². The molecule has 1 aromatic carbocycles. The number of amides is 2. The molecular weight excluding hydrogens is 320 g/mol. The van der Waals surface area contributed by atoms with Crippen molar-refractivity contribution in [3.05, 3.63) is 57.8 Å². The summed E-state index contributed by atoms with van der Waals surface area (Å²) >= 11 is 1.53. The van der Waals surface area contributed by atoms with Gasteiger partial charge in [-0.25, -0.2) is 0 Å². The lowest BCUT2D eigenvalue weighted by Crippen LogP contribution is -2.32. The lowest BCUT2D eigenvalue weighted by atomic mass is 10.1. The molecule has 1 aliphatic rings. The van der Waals surface area contributed by atoms with Crippen molar-refractivity contribution in [1.82, 2.24) is 10.2 Å². The first-order chi connectivity index (χ1) is 11.6. The highest BCUT2D eigenvalue weighted by atomic mass is 32.1. The average molecular weight is 342 g/mol. The van der Waals surface area contributed by atoms with Gasteiger partial charge in [0.15, 0.2) is 0 Å². The number of nitrogens with one attached hydrogen (secondary N) is 1. The van der Waals surface area contributed by atoms with Crippen LogP contribution in [0.3, 0.4) is 0 Å². The molecule has 0 aliphatic carbocycles. The lowest BCUT2D eigenvalue weighted by Gasteiger charge is -2.17. The molecule has 3 rings (SSSR count). The molecule has 1 aromatic heterocycles. The number of nitrogens with zero attached hydrogens (tertiary/aromatic N) is 1. The van der Waals surface area contributed by atoms with E-state index in [0.29, 0.717) is 13.0 Å². The first kappa shape index (κ1) is 16.7. The Morgan fingerprint density at radius 1 is 1.29 bits per heavy atom. The summed E-state index contributed by atoms with van der Waals surface area (Å²) < 4.78 is 0. The van der Waals surface area contributed by atoms with E-state index >= 15 is 0 Å². The molecule has 1 N–H and O–H groups in total. The number of likely N-dealkylation sites (tertiary alicyclic amines) is 1. The van der Waals surface area contributed by atoms with Gasteiger partial charge in [0.1, 0.15) is 0 Å². The second-order valence-corrected chi connectivity index (χ2v) is 7.07. The van der Waals surface area contributed by atoms with Gasteiger partial charge in [-0.05, 0) is 29.9 Å². The zero-order valence-electron chi connectivity index (χ0n) is 13.8. The van der Waals surface area contributed by atoms with Crippen LogP contribution in [-0.2, 0) is 11.2 Å². The molecule has 2 amide bonds. The van der Waals surface area contributed by atoms with Crippen molar-refractivity contribution in [2.75, 3.05) is 19.6 Å². The van der Waals surface area contributed by atoms with E-state index in [9.17, 15) is 9.59 Å².